The highest BCUT2D eigenvalue weighted by molar-refractivity contribution is 6.23. The Balaban J connectivity index is 1.02. The average molecular weight is 956 g/mol. The summed E-state index contributed by atoms with van der Waals surface area (Å²) in [4.78, 5) is 16.5. The van der Waals surface area contributed by atoms with Crippen molar-refractivity contribution in [2.75, 3.05) is 0 Å². The molecule has 0 N–H and O–H groups in total. The lowest BCUT2D eigenvalue weighted by Crippen LogP contribution is -2.04. The van der Waals surface area contributed by atoms with Gasteiger partial charge in [0, 0.05) is 54.7 Å². The molecular weight excluding hydrogens is 915 g/mol. The molecule has 0 amide bonds. The first-order chi connectivity index (χ1) is 37.2. The molecule has 0 radical (unpaired) electrons. The Bertz CT molecular complexity index is 4900. The van der Waals surface area contributed by atoms with Gasteiger partial charge in [0.05, 0.1) is 22.1 Å². The molecular formula is C69H41N5O. The number of aromatic nitrogens is 5. The molecule has 0 fully saturated rings. The van der Waals surface area contributed by atoms with E-state index in [0.717, 1.165) is 121 Å². The van der Waals surface area contributed by atoms with Crippen molar-refractivity contribution in [1.82, 2.24) is 24.1 Å². The number of hydrogen-bond acceptors (Lipinski definition) is 4. The lowest BCUT2D eigenvalue weighted by atomic mass is 10.0. The third-order valence-corrected chi connectivity index (χ3v) is 15.3. The van der Waals surface area contributed by atoms with E-state index in [9.17, 15) is 0 Å². The average Bonchev–Trinajstić information content (AvgIpc) is 4.15. The Morgan fingerprint density at radius 3 is 1.51 bits per heavy atom. The number of rotatable bonds is 6. The number of nitrogens with zero attached hydrogens (tertiary/aromatic N) is 5. The number of para-hydroxylation sites is 2. The van der Waals surface area contributed by atoms with Gasteiger partial charge in [0.15, 0.2) is 23.1 Å². The second kappa shape index (κ2) is 16.2. The first kappa shape index (κ1) is 41.4. The quantitative estimate of drug-likeness (QED) is 0.167. The third kappa shape index (κ3) is 6.43. The van der Waals surface area contributed by atoms with E-state index in [1.807, 2.05) is 6.07 Å². The summed E-state index contributed by atoms with van der Waals surface area (Å²) >= 11 is 0. The fraction of sp³-hybridized carbons (Fsp3) is 0. The molecule has 12 aromatic carbocycles. The van der Waals surface area contributed by atoms with Gasteiger partial charge in [-0.05, 0) is 110 Å². The fourth-order valence-corrected chi connectivity index (χ4v) is 11.8. The summed E-state index contributed by atoms with van der Waals surface area (Å²) in [5.74, 6) is 1.67. The fourth-order valence-electron chi connectivity index (χ4n) is 11.8. The van der Waals surface area contributed by atoms with Crippen molar-refractivity contribution in [3.05, 3.63) is 249 Å². The largest absolute Gasteiger partial charge is 0.454 e. The zero-order valence-electron chi connectivity index (χ0n) is 40.3. The van der Waals surface area contributed by atoms with Gasteiger partial charge in [-0.25, -0.2) is 15.0 Å². The van der Waals surface area contributed by atoms with Crippen LogP contribution in [-0.2, 0) is 0 Å². The molecule has 0 aliphatic carbocycles. The van der Waals surface area contributed by atoms with Crippen LogP contribution < -0.4 is 0 Å². The van der Waals surface area contributed by atoms with Crippen molar-refractivity contribution in [2.45, 2.75) is 0 Å². The van der Waals surface area contributed by atoms with Gasteiger partial charge in [-0.1, -0.05) is 182 Å². The molecule has 4 aromatic heterocycles. The minimum Gasteiger partial charge on any atom is -0.454 e. The van der Waals surface area contributed by atoms with E-state index in [0.29, 0.717) is 17.5 Å². The number of fused-ring (bicyclic) bond motifs is 13. The molecule has 0 bridgehead atoms. The zero-order chi connectivity index (χ0) is 49.1. The Kier molecular flexibility index (Phi) is 8.94. The lowest BCUT2D eigenvalue weighted by molar-refractivity contribution is 0.667. The summed E-state index contributed by atoms with van der Waals surface area (Å²) in [7, 11) is 0. The Hall–Kier alpha value is -10.2. The van der Waals surface area contributed by atoms with Gasteiger partial charge in [-0.2, -0.15) is 0 Å². The van der Waals surface area contributed by atoms with Crippen LogP contribution in [0, 0.1) is 0 Å². The van der Waals surface area contributed by atoms with Crippen molar-refractivity contribution in [3.8, 4) is 56.7 Å². The summed E-state index contributed by atoms with van der Waals surface area (Å²) in [6.07, 6.45) is 0. The molecule has 6 nitrogen and oxygen atoms in total. The van der Waals surface area contributed by atoms with E-state index in [2.05, 4.69) is 252 Å². The maximum absolute atomic E-state index is 7.27. The molecule has 0 unspecified atom stereocenters. The summed E-state index contributed by atoms with van der Waals surface area (Å²) in [6, 6.07) is 88.6. The normalized spacial score (nSPS) is 12.0. The molecule has 16 rings (SSSR count). The summed E-state index contributed by atoms with van der Waals surface area (Å²) in [5.41, 5.74) is 12.7. The second-order valence-electron chi connectivity index (χ2n) is 19.5. The topological polar surface area (TPSA) is 61.7 Å². The highest BCUT2D eigenvalue weighted by Gasteiger charge is 2.26. The van der Waals surface area contributed by atoms with Gasteiger partial charge in [0.2, 0.25) is 0 Å². The van der Waals surface area contributed by atoms with Crippen LogP contribution in [0.3, 0.4) is 0 Å². The molecule has 0 aliphatic heterocycles. The van der Waals surface area contributed by atoms with Crippen molar-refractivity contribution < 1.29 is 4.42 Å². The van der Waals surface area contributed by atoms with Gasteiger partial charge in [0.25, 0.3) is 0 Å². The van der Waals surface area contributed by atoms with Crippen LogP contribution in [0.2, 0.25) is 0 Å². The van der Waals surface area contributed by atoms with Crippen LogP contribution in [0.1, 0.15) is 0 Å². The van der Waals surface area contributed by atoms with Crippen molar-refractivity contribution in [2.24, 2.45) is 0 Å². The molecule has 0 saturated heterocycles. The predicted octanol–water partition coefficient (Wildman–Crippen LogP) is 18.1. The van der Waals surface area contributed by atoms with Gasteiger partial charge in [-0.15, -0.1) is 0 Å². The molecule has 0 aliphatic rings. The van der Waals surface area contributed by atoms with Crippen LogP contribution in [0.4, 0.5) is 0 Å². The summed E-state index contributed by atoms with van der Waals surface area (Å²) in [5, 5.41) is 13.7. The predicted molar refractivity (Wildman–Crippen MR) is 310 cm³/mol. The zero-order valence-corrected chi connectivity index (χ0v) is 40.3. The smallest absolute Gasteiger partial charge is 0.166 e. The molecule has 75 heavy (non-hydrogen) atoms. The van der Waals surface area contributed by atoms with Gasteiger partial charge >= 0.3 is 0 Å². The molecule has 0 atom stereocenters. The first-order valence-electron chi connectivity index (χ1n) is 25.4. The minimum atomic E-state index is 0.532. The van der Waals surface area contributed by atoms with Crippen LogP contribution >= 0.6 is 0 Å². The molecule has 4 heterocycles. The maximum Gasteiger partial charge on any atom is 0.166 e. The van der Waals surface area contributed by atoms with Crippen LogP contribution in [0.15, 0.2) is 253 Å². The second-order valence-corrected chi connectivity index (χ2v) is 19.5. The Morgan fingerprint density at radius 1 is 0.293 bits per heavy atom. The summed E-state index contributed by atoms with van der Waals surface area (Å²) in [6.45, 7) is 0. The van der Waals surface area contributed by atoms with Crippen molar-refractivity contribution in [1.29, 1.82) is 0 Å². The minimum absolute atomic E-state index is 0.532. The van der Waals surface area contributed by atoms with Crippen molar-refractivity contribution >= 4 is 97.9 Å². The van der Waals surface area contributed by atoms with E-state index < -0.39 is 0 Å². The SMILES string of the molecule is c1ccc(-c2ccc(-c3nc(-c4ccc5c6ccccc6n(-c6ccccc6)c5c4)nc(-c4ccc5c(oc6ccc7ccccc7c65)c4-n4c5cc6ccccc6cc5c5cc6ccccc6cc54)n3)cc2)cc1. The lowest BCUT2D eigenvalue weighted by Gasteiger charge is -2.16. The monoisotopic (exact) mass is 955 g/mol. The molecule has 6 heteroatoms. The van der Waals surface area contributed by atoms with E-state index in [1.54, 1.807) is 0 Å². The van der Waals surface area contributed by atoms with E-state index >= 15 is 0 Å². The Labute approximate surface area is 429 Å². The highest BCUT2D eigenvalue weighted by atomic mass is 16.3. The first-order valence-corrected chi connectivity index (χ1v) is 25.4. The van der Waals surface area contributed by atoms with Crippen LogP contribution in [0.5, 0.6) is 0 Å². The molecule has 0 spiro atoms. The van der Waals surface area contributed by atoms with E-state index in [-0.39, 0.29) is 0 Å². The standard InChI is InChI=1S/C69H41N5O/c1-3-15-42(16-4-1)43-27-29-45(30-28-43)67-70-68(50-31-33-54-53-25-13-14-26-59(53)73(60(54)41-50)51-22-5-2-6-23-51)72-69(71-67)56-35-34-55-64-52-24-12-11-17-44(52)32-36-63(64)75-66(55)65(56)74-61-39-48-20-9-7-18-46(48)37-57(61)58-38-47-19-8-10-21-49(47)40-62(58)74/h1-41H. The number of benzene rings is 12. The molecule has 0 saturated carbocycles. The maximum atomic E-state index is 7.27. The highest BCUT2D eigenvalue weighted by Crippen LogP contribution is 2.46. The van der Waals surface area contributed by atoms with Gasteiger partial charge in [-0.3, -0.25) is 0 Å². The van der Waals surface area contributed by atoms with Gasteiger partial charge in [0.1, 0.15) is 11.3 Å². The van der Waals surface area contributed by atoms with E-state index in [4.69, 9.17) is 19.4 Å². The van der Waals surface area contributed by atoms with Crippen LogP contribution in [-0.4, -0.2) is 24.1 Å². The van der Waals surface area contributed by atoms with E-state index in [1.165, 1.54) is 16.2 Å². The summed E-state index contributed by atoms with van der Waals surface area (Å²) < 4.78 is 12.0. The van der Waals surface area contributed by atoms with Crippen LogP contribution in [0.25, 0.3) is 155 Å². The molecule has 348 valence electrons. The van der Waals surface area contributed by atoms with Gasteiger partial charge < -0.3 is 13.6 Å². The number of furan rings is 1. The van der Waals surface area contributed by atoms with Crippen molar-refractivity contribution in [3.63, 3.8) is 0 Å². The third-order valence-electron chi connectivity index (χ3n) is 15.3. The molecule has 16 aromatic rings. The Morgan fingerprint density at radius 2 is 0.800 bits per heavy atom. The number of hydrogen-bond donors (Lipinski definition) is 0.